The quantitative estimate of drug-likeness (QED) is 0.774. The van der Waals surface area contributed by atoms with Gasteiger partial charge in [-0.15, -0.1) is 0 Å². The summed E-state index contributed by atoms with van der Waals surface area (Å²) in [6.07, 6.45) is 3.02. The zero-order valence-corrected chi connectivity index (χ0v) is 15.7. The molecule has 2 aliphatic heterocycles. The lowest BCUT2D eigenvalue weighted by Crippen LogP contribution is -2.36. The molecular weight excluding hydrogens is 338 g/mol. The molecule has 140 valence electrons. The van der Waals surface area contributed by atoms with Gasteiger partial charge >= 0.3 is 0 Å². The van der Waals surface area contributed by atoms with Crippen molar-refractivity contribution < 1.29 is 4.74 Å². The van der Waals surface area contributed by atoms with E-state index in [4.69, 9.17) is 9.72 Å². The number of hydrogen-bond donors (Lipinski definition) is 1. The molecule has 0 aliphatic carbocycles. The average molecular weight is 363 g/mol. The standard InChI is InChI=1S/C21H25N5O/c1-15-24-19-13-23-21(25-7-9-27-10-8-25)11-20(19)26(15)14-17-4-2-3-16-5-6-22-12-18(16)17/h2-4,11,13,22H,5-10,12,14H2,1H3. The number of morpholine rings is 1. The summed E-state index contributed by atoms with van der Waals surface area (Å²) in [6, 6.07) is 8.89. The Hall–Kier alpha value is -2.44. The summed E-state index contributed by atoms with van der Waals surface area (Å²) in [5.41, 5.74) is 6.43. The monoisotopic (exact) mass is 363 g/mol. The number of aromatic nitrogens is 3. The summed E-state index contributed by atoms with van der Waals surface area (Å²) in [7, 11) is 0. The maximum atomic E-state index is 5.48. The number of ether oxygens (including phenoxy) is 1. The lowest BCUT2D eigenvalue weighted by Gasteiger charge is -2.27. The molecule has 1 saturated heterocycles. The molecule has 27 heavy (non-hydrogen) atoms. The van der Waals surface area contributed by atoms with Gasteiger partial charge in [-0.2, -0.15) is 0 Å². The van der Waals surface area contributed by atoms with Crippen molar-refractivity contribution in [3.63, 3.8) is 0 Å². The molecule has 2 aromatic heterocycles. The van der Waals surface area contributed by atoms with Crippen LogP contribution in [-0.2, 0) is 24.2 Å². The Morgan fingerprint density at radius 3 is 3.00 bits per heavy atom. The summed E-state index contributed by atoms with van der Waals surface area (Å²) in [5.74, 6) is 2.05. The molecule has 4 heterocycles. The van der Waals surface area contributed by atoms with E-state index in [-0.39, 0.29) is 0 Å². The fraction of sp³-hybridized carbons (Fsp3) is 0.429. The molecule has 0 amide bonds. The summed E-state index contributed by atoms with van der Waals surface area (Å²) >= 11 is 0. The molecule has 0 unspecified atom stereocenters. The molecule has 6 heteroatoms. The highest BCUT2D eigenvalue weighted by molar-refractivity contribution is 5.78. The number of nitrogens with one attached hydrogen (secondary N) is 1. The van der Waals surface area contributed by atoms with Gasteiger partial charge in [0.15, 0.2) is 0 Å². The molecule has 2 aliphatic rings. The van der Waals surface area contributed by atoms with Crippen molar-refractivity contribution >= 4 is 16.9 Å². The minimum atomic E-state index is 0.765. The third-order valence-electron chi connectivity index (χ3n) is 5.72. The van der Waals surface area contributed by atoms with Crippen molar-refractivity contribution in [2.45, 2.75) is 26.4 Å². The predicted molar refractivity (Wildman–Crippen MR) is 106 cm³/mol. The van der Waals surface area contributed by atoms with Gasteiger partial charge in [-0.3, -0.25) is 0 Å². The molecular formula is C21H25N5O. The van der Waals surface area contributed by atoms with Crippen LogP contribution < -0.4 is 10.2 Å². The van der Waals surface area contributed by atoms with Gasteiger partial charge in [0.2, 0.25) is 0 Å². The first-order valence-electron chi connectivity index (χ1n) is 9.75. The molecule has 1 N–H and O–H groups in total. The molecule has 5 rings (SSSR count). The van der Waals surface area contributed by atoms with Gasteiger partial charge in [0.05, 0.1) is 24.9 Å². The Balaban J connectivity index is 1.54. The summed E-state index contributed by atoms with van der Waals surface area (Å²) < 4.78 is 7.80. The first-order valence-corrected chi connectivity index (χ1v) is 9.75. The van der Waals surface area contributed by atoms with Crippen molar-refractivity contribution in [3.8, 4) is 0 Å². The fourth-order valence-electron chi connectivity index (χ4n) is 4.21. The molecule has 0 bridgehead atoms. The van der Waals surface area contributed by atoms with E-state index in [1.807, 2.05) is 6.20 Å². The highest BCUT2D eigenvalue weighted by atomic mass is 16.5. The van der Waals surface area contributed by atoms with Gasteiger partial charge in [0.25, 0.3) is 0 Å². The van der Waals surface area contributed by atoms with Gasteiger partial charge in [0, 0.05) is 32.2 Å². The van der Waals surface area contributed by atoms with Crippen LogP contribution in [-0.4, -0.2) is 47.4 Å². The van der Waals surface area contributed by atoms with Gasteiger partial charge in [-0.25, -0.2) is 9.97 Å². The van der Waals surface area contributed by atoms with Crippen LogP contribution in [0.15, 0.2) is 30.5 Å². The van der Waals surface area contributed by atoms with E-state index in [2.05, 4.69) is 51.0 Å². The second kappa shape index (κ2) is 6.94. The van der Waals surface area contributed by atoms with Crippen molar-refractivity contribution in [2.24, 2.45) is 0 Å². The molecule has 0 spiro atoms. The smallest absolute Gasteiger partial charge is 0.130 e. The Kier molecular flexibility index (Phi) is 4.30. The van der Waals surface area contributed by atoms with Gasteiger partial charge in [0.1, 0.15) is 17.2 Å². The summed E-state index contributed by atoms with van der Waals surface area (Å²) in [4.78, 5) is 11.7. The minimum Gasteiger partial charge on any atom is -0.378 e. The third-order valence-corrected chi connectivity index (χ3v) is 5.72. The van der Waals surface area contributed by atoms with E-state index in [9.17, 15) is 0 Å². The topological polar surface area (TPSA) is 55.2 Å². The molecule has 1 fully saturated rings. The predicted octanol–water partition coefficient (Wildman–Crippen LogP) is 2.27. The molecule has 3 aromatic rings. The Morgan fingerprint density at radius 2 is 2.11 bits per heavy atom. The highest BCUT2D eigenvalue weighted by Crippen LogP contribution is 2.25. The van der Waals surface area contributed by atoms with E-state index in [0.29, 0.717) is 0 Å². The first kappa shape index (κ1) is 16.7. The second-order valence-electron chi connectivity index (χ2n) is 7.36. The van der Waals surface area contributed by atoms with Crippen molar-refractivity contribution in [1.82, 2.24) is 19.9 Å². The number of nitrogens with zero attached hydrogens (tertiary/aromatic N) is 4. The van der Waals surface area contributed by atoms with Crippen LogP contribution in [0.25, 0.3) is 11.0 Å². The van der Waals surface area contributed by atoms with E-state index in [0.717, 1.165) is 75.0 Å². The third kappa shape index (κ3) is 3.09. The molecule has 0 atom stereocenters. The Morgan fingerprint density at radius 1 is 1.22 bits per heavy atom. The Labute approximate surface area is 159 Å². The maximum absolute atomic E-state index is 5.48. The van der Waals surface area contributed by atoms with Crippen LogP contribution in [0.5, 0.6) is 0 Å². The van der Waals surface area contributed by atoms with Crippen LogP contribution in [0.1, 0.15) is 22.5 Å². The number of benzene rings is 1. The molecule has 1 aromatic carbocycles. The number of aryl methyl sites for hydroxylation is 1. The SMILES string of the molecule is Cc1nc2cnc(N3CCOCC3)cc2n1Cc1cccc2c1CNCC2. The van der Waals surface area contributed by atoms with Crippen LogP contribution in [0, 0.1) is 6.92 Å². The summed E-state index contributed by atoms with van der Waals surface area (Å²) in [5, 5.41) is 3.51. The molecule has 0 radical (unpaired) electrons. The number of fused-ring (bicyclic) bond motifs is 2. The molecule has 0 saturated carbocycles. The number of hydrogen-bond acceptors (Lipinski definition) is 5. The van der Waals surface area contributed by atoms with Crippen molar-refractivity contribution in [2.75, 3.05) is 37.7 Å². The number of rotatable bonds is 3. The van der Waals surface area contributed by atoms with Crippen molar-refractivity contribution in [1.29, 1.82) is 0 Å². The number of imidazole rings is 1. The molecule has 6 nitrogen and oxygen atoms in total. The van der Waals surface area contributed by atoms with Crippen LogP contribution >= 0.6 is 0 Å². The van der Waals surface area contributed by atoms with Crippen LogP contribution in [0.4, 0.5) is 5.82 Å². The minimum absolute atomic E-state index is 0.765. The van der Waals surface area contributed by atoms with Crippen LogP contribution in [0.3, 0.4) is 0 Å². The van der Waals surface area contributed by atoms with E-state index in [1.54, 1.807) is 0 Å². The fourth-order valence-corrected chi connectivity index (χ4v) is 4.21. The lowest BCUT2D eigenvalue weighted by molar-refractivity contribution is 0.122. The van der Waals surface area contributed by atoms with E-state index in [1.165, 1.54) is 16.7 Å². The first-order chi connectivity index (χ1) is 13.3. The van der Waals surface area contributed by atoms with Gasteiger partial charge in [-0.1, -0.05) is 18.2 Å². The zero-order valence-electron chi connectivity index (χ0n) is 15.7. The Bertz CT molecular complexity index is 974. The highest BCUT2D eigenvalue weighted by Gasteiger charge is 2.17. The average Bonchev–Trinajstić information content (AvgIpc) is 3.03. The maximum Gasteiger partial charge on any atom is 0.130 e. The van der Waals surface area contributed by atoms with Gasteiger partial charge < -0.3 is 19.5 Å². The lowest BCUT2D eigenvalue weighted by atomic mass is 9.96. The van der Waals surface area contributed by atoms with Crippen molar-refractivity contribution in [3.05, 3.63) is 53.0 Å². The van der Waals surface area contributed by atoms with Gasteiger partial charge in [-0.05, 0) is 36.6 Å². The second-order valence-corrected chi connectivity index (χ2v) is 7.36. The number of pyridine rings is 1. The van der Waals surface area contributed by atoms with Crippen LogP contribution in [0.2, 0.25) is 0 Å². The zero-order chi connectivity index (χ0) is 18.2. The normalized spacial score (nSPS) is 17.3. The number of anilines is 1. The summed E-state index contributed by atoms with van der Waals surface area (Å²) in [6.45, 7) is 8.27. The van der Waals surface area contributed by atoms with E-state index >= 15 is 0 Å². The van der Waals surface area contributed by atoms with E-state index < -0.39 is 0 Å². The largest absolute Gasteiger partial charge is 0.378 e.